The van der Waals surface area contributed by atoms with Crippen molar-refractivity contribution in [3.8, 4) is 5.75 Å². The van der Waals surface area contributed by atoms with Crippen molar-refractivity contribution in [1.82, 2.24) is 0 Å². The van der Waals surface area contributed by atoms with Gasteiger partial charge >= 0.3 is 6.61 Å². The summed E-state index contributed by atoms with van der Waals surface area (Å²) in [5.41, 5.74) is 1.07. The summed E-state index contributed by atoms with van der Waals surface area (Å²) in [5, 5.41) is 0. The maximum absolute atomic E-state index is 15.1. The Hall–Kier alpha value is -2.53. The molecular formula is C23H23F3O2. The number of benzene rings is 2. The summed E-state index contributed by atoms with van der Waals surface area (Å²) in [6.45, 7) is -0.356. The summed E-state index contributed by atoms with van der Waals surface area (Å²) in [6, 6.07) is 15.5. The number of ether oxygens (including phenoxy) is 2. The van der Waals surface area contributed by atoms with E-state index < -0.39 is 12.2 Å². The van der Waals surface area contributed by atoms with Crippen LogP contribution in [0.1, 0.15) is 37.3 Å². The van der Waals surface area contributed by atoms with Gasteiger partial charge in [-0.05, 0) is 35.8 Å². The molecule has 1 atom stereocenters. The molecule has 0 heterocycles. The fourth-order valence-corrected chi connectivity index (χ4v) is 3.26. The van der Waals surface area contributed by atoms with Gasteiger partial charge in [-0.3, -0.25) is 0 Å². The van der Waals surface area contributed by atoms with Gasteiger partial charge in [0.25, 0.3) is 0 Å². The van der Waals surface area contributed by atoms with Gasteiger partial charge in [-0.2, -0.15) is 8.78 Å². The van der Waals surface area contributed by atoms with Crippen molar-refractivity contribution in [2.75, 3.05) is 6.61 Å². The molecule has 0 spiro atoms. The number of allylic oxidation sites excluding steroid dienone is 2. The van der Waals surface area contributed by atoms with Crippen LogP contribution in [0.5, 0.6) is 5.75 Å². The van der Waals surface area contributed by atoms with Gasteiger partial charge in [-0.25, -0.2) is 4.39 Å². The molecule has 0 bridgehead atoms. The molecule has 0 fully saturated rings. The van der Waals surface area contributed by atoms with Gasteiger partial charge in [-0.15, -0.1) is 0 Å². The summed E-state index contributed by atoms with van der Waals surface area (Å²) < 4.78 is 50.4. The highest BCUT2D eigenvalue weighted by atomic mass is 19.3. The monoisotopic (exact) mass is 388 g/mol. The van der Waals surface area contributed by atoms with Gasteiger partial charge < -0.3 is 9.47 Å². The largest absolute Gasteiger partial charge is 0.435 e. The number of halogens is 3. The Kier molecular flexibility index (Phi) is 6.57. The highest BCUT2D eigenvalue weighted by molar-refractivity contribution is 5.77. The zero-order valence-electron chi connectivity index (χ0n) is 15.7. The summed E-state index contributed by atoms with van der Waals surface area (Å²) in [7, 11) is 0. The fraction of sp³-hybridized carbons (Fsp3) is 0.304. The first-order valence-corrected chi connectivity index (χ1v) is 9.36. The quantitative estimate of drug-likeness (QED) is 0.472. The third-order valence-electron chi connectivity index (χ3n) is 4.74. The number of hydrogen-bond acceptors (Lipinski definition) is 2. The van der Waals surface area contributed by atoms with Gasteiger partial charge in [0.1, 0.15) is 17.2 Å². The van der Waals surface area contributed by atoms with Gasteiger partial charge in [-0.1, -0.05) is 61.9 Å². The van der Waals surface area contributed by atoms with E-state index in [0.29, 0.717) is 17.7 Å². The second kappa shape index (κ2) is 9.11. The summed E-state index contributed by atoms with van der Waals surface area (Å²) in [4.78, 5) is 0. The molecule has 3 rings (SSSR count). The lowest BCUT2D eigenvalue weighted by molar-refractivity contribution is -0.0499. The Balaban J connectivity index is 1.90. The first kappa shape index (κ1) is 20.2. The first-order valence-electron chi connectivity index (χ1n) is 9.36. The standard InChI is InChI=1S/C23H23F3O2/c1-2-3-15-27-23(18-9-11-19(12-10-18)28-22(25)26)14-13-20(21(24)16-23)17-7-5-4-6-8-17/h4-14,22H,2-3,15-16H2,1H3. The van der Waals surface area contributed by atoms with Crippen molar-refractivity contribution in [2.24, 2.45) is 0 Å². The minimum absolute atomic E-state index is 0.0481. The van der Waals surface area contributed by atoms with E-state index in [1.807, 2.05) is 36.4 Å². The van der Waals surface area contributed by atoms with Crippen LogP contribution in [0.4, 0.5) is 13.2 Å². The molecule has 148 valence electrons. The van der Waals surface area contributed by atoms with Crippen LogP contribution in [-0.2, 0) is 10.3 Å². The molecule has 0 aromatic heterocycles. The molecule has 0 N–H and O–H groups in total. The molecule has 0 saturated heterocycles. The molecule has 1 aliphatic carbocycles. The molecule has 28 heavy (non-hydrogen) atoms. The lowest BCUT2D eigenvalue weighted by atomic mass is 9.83. The van der Waals surface area contributed by atoms with Crippen LogP contribution < -0.4 is 4.74 Å². The van der Waals surface area contributed by atoms with Crippen LogP contribution in [0.25, 0.3) is 5.57 Å². The molecule has 0 radical (unpaired) electrons. The SMILES string of the molecule is CCCCOC1(c2ccc(OC(F)F)cc2)C=CC(c2ccccc2)=C(F)C1. The lowest BCUT2D eigenvalue weighted by Crippen LogP contribution is -2.30. The van der Waals surface area contributed by atoms with Crippen molar-refractivity contribution in [2.45, 2.75) is 38.4 Å². The number of alkyl halides is 2. The number of hydrogen-bond donors (Lipinski definition) is 0. The van der Waals surface area contributed by atoms with Crippen molar-refractivity contribution in [1.29, 1.82) is 0 Å². The molecule has 5 heteroatoms. The normalized spacial score (nSPS) is 19.3. The Labute approximate surface area is 163 Å². The average Bonchev–Trinajstić information content (AvgIpc) is 2.69. The third-order valence-corrected chi connectivity index (χ3v) is 4.74. The highest BCUT2D eigenvalue weighted by Crippen LogP contribution is 2.42. The van der Waals surface area contributed by atoms with E-state index in [0.717, 1.165) is 18.4 Å². The molecule has 2 aromatic rings. The Morgan fingerprint density at radius 2 is 1.75 bits per heavy atom. The molecule has 0 aliphatic heterocycles. The Morgan fingerprint density at radius 1 is 1.04 bits per heavy atom. The van der Waals surface area contributed by atoms with Crippen LogP contribution >= 0.6 is 0 Å². The van der Waals surface area contributed by atoms with Crippen LogP contribution in [-0.4, -0.2) is 13.2 Å². The first-order chi connectivity index (χ1) is 13.5. The Bertz CT molecular complexity index is 829. The zero-order valence-corrected chi connectivity index (χ0v) is 15.7. The summed E-state index contributed by atoms with van der Waals surface area (Å²) in [6.07, 6.45) is 5.45. The van der Waals surface area contributed by atoms with Crippen molar-refractivity contribution < 1.29 is 22.6 Å². The van der Waals surface area contributed by atoms with E-state index in [2.05, 4.69) is 11.7 Å². The molecule has 0 amide bonds. The number of unbranched alkanes of at least 4 members (excludes halogenated alkanes) is 1. The zero-order chi connectivity index (χ0) is 20.0. The molecule has 2 aromatic carbocycles. The topological polar surface area (TPSA) is 18.5 Å². The van der Waals surface area contributed by atoms with Gasteiger partial charge in [0.15, 0.2) is 0 Å². The van der Waals surface area contributed by atoms with Crippen molar-refractivity contribution >= 4 is 5.57 Å². The number of rotatable bonds is 8. The maximum atomic E-state index is 15.1. The molecule has 0 saturated carbocycles. The molecule has 1 aliphatic rings. The molecule has 2 nitrogen and oxygen atoms in total. The third kappa shape index (κ3) is 4.65. The Morgan fingerprint density at radius 3 is 2.36 bits per heavy atom. The molecule has 1 unspecified atom stereocenters. The minimum atomic E-state index is -2.89. The van der Waals surface area contributed by atoms with E-state index in [-0.39, 0.29) is 18.0 Å². The van der Waals surface area contributed by atoms with Crippen LogP contribution in [0.15, 0.2) is 72.6 Å². The van der Waals surface area contributed by atoms with E-state index in [1.165, 1.54) is 12.1 Å². The molecular weight excluding hydrogens is 365 g/mol. The van der Waals surface area contributed by atoms with Crippen LogP contribution in [0.3, 0.4) is 0 Å². The predicted molar refractivity (Wildman–Crippen MR) is 104 cm³/mol. The van der Waals surface area contributed by atoms with E-state index in [9.17, 15) is 8.78 Å². The van der Waals surface area contributed by atoms with Gasteiger partial charge in [0, 0.05) is 18.6 Å². The van der Waals surface area contributed by atoms with Crippen molar-refractivity contribution in [3.05, 3.63) is 83.7 Å². The van der Waals surface area contributed by atoms with Crippen LogP contribution in [0.2, 0.25) is 0 Å². The summed E-state index contributed by atoms with van der Waals surface area (Å²) in [5.74, 6) is -0.207. The summed E-state index contributed by atoms with van der Waals surface area (Å²) >= 11 is 0. The predicted octanol–water partition coefficient (Wildman–Crippen LogP) is 6.64. The fourth-order valence-electron chi connectivity index (χ4n) is 3.26. The van der Waals surface area contributed by atoms with E-state index in [1.54, 1.807) is 18.2 Å². The minimum Gasteiger partial charge on any atom is -0.435 e. The smallest absolute Gasteiger partial charge is 0.387 e. The highest BCUT2D eigenvalue weighted by Gasteiger charge is 2.35. The van der Waals surface area contributed by atoms with Gasteiger partial charge in [0.05, 0.1) is 0 Å². The van der Waals surface area contributed by atoms with Gasteiger partial charge in [0.2, 0.25) is 0 Å². The second-order valence-electron chi connectivity index (χ2n) is 6.69. The average molecular weight is 388 g/mol. The maximum Gasteiger partial charge on any atom is 0.387 e. The van der Waals surface area contributed by atoms with E-state index in [4.69, 9.17) is 4.74 Å². The lowest BCUT2D eigenvalue weighted by Gasteiger charge is -2.34. The van der Waals surface area contributed by atoms with Crippen molar-refractivity contribution in [3.63, 3.8) is 0 Å². The van der Waals surface area contributed by atoms with Crippen LogP contribution in [0, 0.1) is 0 Å². The second-order valence-corrected chi connectivity index (χ2v) is 6.69. The van der Waals surface area contributed by atoms with E-state index >= 15 is 4.39 Å².